The Balaban J connectivity index is 2.16. The summed E-state index contributed by atoms with van der Waals surface area (Å²) >= 11 is 5.89. The van der Waals surface area contributed by atoms with Crippen LogP contribution in [0.3, 0.4) is 0 Å². The van der Waals surface area contributed by atoms with Crippen molar-refractivity contribution in [1.29, 1.82) is 5.26 Å². The van der Waals surface area contributed by atoms with Gasteiger partial charge in [0.25, 0.3) is 0 Å². The maximum Gasteiger partial charge on any atom is 0.242 e. The van der Waals surface area contributed by atoms with E-state index in [1.165, 1.54) is 29.6 Å². The minimum absolute atomic E-state index is 0.0674. The number of sulfonamides is 1. The number of ether oxygens (including phenoxy) is 1. The van der Waals surface area contributed by atoms with E-state index in [-0.39, 0.29) is 28.1 Å². The molecule has 1 atom stereocenters. The summed E-state index contributed by atoms with van der Waals surface area (Å²) in [5, 5.41) is 12.1. The molecule has 0 saturated carbocycles. The van der Waals surface area contributed by atoms with Gasteiger partial charge in [0.1, 0.15) is 6.07 Å². The van der Waals surface area contributed by atoms with Crippen molar-refractivity contribution in [3.8, 4) is 6.07 Å². The Bertz CT molecular complexity index is 651. The van der Waals surface area contributed by atoms with Crippen LogP contribution in [0.2, 0.25) is 5.02 Å². The van der Waals surface area contributed by atoms with Gasteiger partial charge in [0.15, 0.2) is 0 Å². The molecule has 0 spiro atoms. The van der Waals surface area contributed by atoms with Gasteiger partial charge >= 0.3 is 0 Å². The van der Waals surface area contributed by atoms with E-state index in [1.54, 1.807) is 0 Å². The maximum absolute atomic E-state index is 12.5. The molecule has 2 rings (SSSR count). The Morgan fingerprint density at radius 2 is 2.33 bits per heavy atom. The maximum atomic E-state index is 12.5. The third-order valence-corrected chi connectivity index (χ3v) is 5.37. The number of hydrogen-bond donors (Lipinski definition) is 1. The molecule has 1 saturated heterocycles. The first-order chi connectivity index (χ1) is 9.95. The number of nitriles is 1. The fourth-order valence-corrected chi connectivity index (χ4v) is 3.57. The van der Waals surface area contributed by atoms with Gasteiger partial charge in [-0.1, -0.05) is 11.6 Å². The molecule has 1 N–H and O–H groups in total. The third kappa shape index (κ3) is 3.73. The Hall–Kier alpha value is -1.17. The average molecular weight is 330 g/mol. The molecular weight excluding hydrogens is 314 g/mol. The molecule has 1 aliphatic heterocycles. The molecule has 1 heterocycles. The molecule has 1 aromatic rings. The SMILES string of the molecule is CN(CC1CNCCO1)S(=O)(=O)c1ccc(C#N)c(Cl)c1. The smallest absolute Gasteiger partial charge is 0.242 e. The molecular formula is C13H16ClN3O3S. The third-order valence-electron chi connectivity index (χ3n) is 3.23. The second kappa shape index (κ2) is 6.73. The van der Waals surface area contributed by atoms with E-state index in [9.17, 15) is 8.42 Å². The summed E-state index contributed by atoms with van der Waals surface area (Å²) in [6.45, 7) is 2.22. The first-order valence-corrected chi connectivity index (χ1v) is 8.25. The van der Waals surface area contributed by atoms with Crippen LogP contribution < -0.4 is 5.32 Å². The van der Waals surface area contributed by atoms with E-state index < -0.39 is 10.0 Å². The van der Waals surface area contributed by atoms with Crippen LogP contribution in [0.1, 0.15) is 5.56 Å². The number of nitrogens with zero attached hydrogens (tertiary/aromatic N) is 2. The van der Waals surface area contributed by atoms with Gasteiger partial charge in [0.05, 0.1) is 28.2 Å². The van der Waals surface area contributed by atoms with E-state index >= 15 is 0 Å². The zero-order valence-electron chi connectivity index (χ0n) is 11.5. The molecule has 0 aliphatic carbocycles. The zero-order valence-corrected chi connectivity index (χ0v) is 13.1. The fraction of sp³-hybridized carbons (Fsp3) is 0.462. The minimum Gasteiger partial charge on any atom is -0.374 e. The normalized spacial score (nSPS) is 19.4. The lowest BCUT2D eigenvalue weighted by molar-refractivity contribution is 0.0206. The highest BCUT2D eigenvalue weighted by atomic mass is 35.5. The van der Waals surface area contributed by atoms with Gasteiger partial charge in [0, 0.05) is 26.7 Å². The Kier molecular flexibility index (Phi) is 5.19. The van der Waals surface area contributed by atoms with Gasteiger partial charge < -0.3 is 10.1 Å². The highest BCUT2D eigenvalue weighted by Crippen LogP contribution is 2.22. The first-order valence-electron chi connectivity index (χ1n) is 6.43. The summed E-state index contributed by atoms with van der Waals surface area (Å²) < 4.78 is 31.7. The number of hydrogen-bond acceptors (Lipinski definition) is 5. The van der Waals surface area contributed by atoms with E-state index in [0.29, 0.717) is 13.2 Å². The van der Waals surface area contributed by atoms with Crippen LogP contribution in [0.25, 0.3) is 0 Å². The fourth-order valence-electron chi connectivity index (χ4n) is 2.05. The quantitative estimate of drug-likeness (QED) is 0.884. The Morgan fingerprint density at radius 3 is 2.90 bits per heavy atom. The van der Waals surface area contributed by atoms with Crippen molar-refractivity contribution >= 4 is 21.6 Å². The summed E-state index contributed by atoms with van der Waals surface area (Å²) in [5.74, 6) is 0. The summed E-state index contributed by atoms with van der Waals surface area (Å²) in [6, 6.07) is 5.99. The van der Waals surface area contributed by atoms with Crippen molar-refractivity contribution in [2.24, 2.45) is 0 Å². The van der Waals surface area contributed by atoms with Crippen LogP contribution in [0.4, 0.5) is 0 Å². The molecule has 1 fully saturated rings. The molecule has 0 bridgehead atoms. The molecule has 1 aromatic carbocycles. The number of benzene rings is 1. The van der Waals surface area contributed by atoms with Crippen LogP contribution in [0, 0.1) is 11.3 Å². The zero-order chi connectivity index (χ0) is 15.5. The van der Waals surface area contributed by atoms with Crippen LogP contribution in [-0.2, 0) is 14.8 Å². The van der Waals surface area contributed by atoms with Gasteiger partial charge in [-0.05, 0) is 18.2 Å². The Morgan fingerprint density at radius 1 is 1.57 bits per heavy atom. The van der Waals surface area contributed by atoms with Crippen molar-refractivity contribution in [2.75, 3.05) is 33.3 Å². The highest BCUT2D eigenvalue weighted by molar-refractivity contribution is 7.89. The second-order valence-electron chi connectivity index (χ2n) is 4.74. The van der Waals surface area contributed by atoms with Crippen LogP contribution in [-0.4, -0.2) is 52.1 Å². The first kappa shape index (κ1) is 16.2. The van der Waals surface area contributed by atoms with Gasteiger partial charge in [0.2, 0.25) is 10.0 Å². The summed E-state index contributed by atoms with van der Waals surface area (Å²) in [5.41, 5.74) is 0.248. The van der Waals surface area contributed by atoms with Gasteiger partial charge in [-0.2, -0.15) is 9.57 Å². The standard InChI is InChI=1S/C13H16ClN3O3S/c1-17(9-11-8-16-4-5-20-11)21(18,19)12-3-2-10(7-15)13(14)6-12/h2-3,6,11,16H,4-5,8-9H2,1H3. The number of likely N-dealkylation sites (N-methyl/N-ethyl adjacent to an activating group) is 1. The number of nitrogens with one attached hydrogen (secondary N) is 1. The van der Waals surface area contributed by atoms with E-state index in [4.69, 9.17) is 21.6 Å². The highest BCUT2D eigenvalue weighted by Gasteiger charge is 2.25. The lowest BCUT2D eigenvalue weighted by Gasteiger charge is -2.27. The molecule has 21 heavy (non-hydrogen) atoms. The van der Waals surface area contributed by atoms with Gasteiger partial charge in [-0.3, -0.25) is 0 Å². The van der Waals surface area contributed by atoms with Crippen molar-refractivity contribution in [3.63, 3.8) is 0 Å². The van der Waals surface area contributed by atoms with Gasteiger partial charge in [-0.15, -0.1) is 0 Å². The van der Waals surface area contributed by atoms with Crippen molar-refractivity contribution in [1.82, 2.24) is 9.62 Å². The number of morpholine rings is 1. The van der Waals surface area contributed by atoms with E-state index in [0.717, 1.165) is 6.54 Å². The van der Waals surface area contributed by atoms with Crippen LogP contribution in [0.15, 0.2) is 23.1 Å². The molecule has 6 nitrogen and oxygen atoms in total. The topological polar surface area (TPSA) is 82.4 Å². The molecule has 1 unspecified atom stereocenters. The minimum atomic E-state index is -3.65. The molecule has 0 aromatic heterocycles. The molecule has 8 heteroatoms. The molecule has 1 aliphatic rings. The number of rotatable bonds is 4. The monoisotopic (exact) mass is 329 g/mol. The number of halogens is 1. The summed E-state index contributed by atoms with van der Waals surface area (Å²) in [4.78, 5) is 0.0674. The predicted molar refractivity (Wildman–Crippen MR) is 78.6 cm³/mol. The lowest BCUT2D eigenvalue weighted by Crippen LogP contribution is -2.45. The van der Waals surface area contributed by atoms with Crippen molar-refractivity contribution in [3.05, 3.63) is 28.8 Å². The molecule has 114 valence electrons. The second-order valence-corrected chi connectivity index (χ2v) is 7.19. The van der Waals surface area contributed by atoms with Crippen molar-refractivity contribution in [2.45, 2.75) is 11.0 Å². The summed E-state index contributed by atoms with van der Waals surface area (Å²) in [7, 11) is -2.15. The van der Waals surface area contributed by atoms with Crippen LogP contribution >= 0.6 is 11.6 Å². The van der Waals surface area contributed by atoms with E-state index in [2.05, 4.69) is 5.32 Å². The Labute approximate surface area is 129 Å². The predicted octanol–water partition coefficient (Wildman–Crippen LogP) is 0.821. The average Bonchev–Trinajstić information content (AvgIpc) is 2.48. The lowest BCUT2D eigenvalue weighted by atomic mass is 10.2. The van der Waals surface area contributed by atoms with E-state index in [1.807, 2.05) is 6.07 Å². The van der Waals surface area contributed by atoms with Crippen LogP contribution in [0.5, 0.6) is 0 Å². The molecule has 0 amide bonds. The van der Waals surface area contributed by atoms with Crippen molar-refractivity contribution < 1.29 is 13.2 Å². The van der Waals surface area contributed by atoms with Gasteiger partial charge in [-0.25, -0.2) is 8.42 Å². The largest absolute Gasteiger partial charge is 0.374 e. The molecule has 0 radical (unpaired) electrons. The summed E-state index contributed by atoms with van der Waals surface area (Å²) in [6.07, 6.45) is -0.174.